The Labute approximate surface area is 480 Å². The summed E-state index contributed by atoms with van der Waals surface area (Å²) in [5, 5.41) is 0. The van der Waals surface area contributed by atoms with Crippen LogP contribution >= 0.6 is 0 Å². The molecule has 0 N–H and O–H groups in total. The van der Waals surface area contributed by atoms with E-state index in [-0.39, 0.29) is 10.8 Å². The fraction of sp³-hybridized carbons (Fsp3) is 0.241. The molecule has 2 nitrogen and oxygen atoms in total. The smallest absolute Gasteiger partial charge is 0.0727 e. The summed E-state index contributed by atoms with van der Waals surface area (Å²) in [5.41, 5.74) is 27.1. The van der Waals surface area contributed by atoms with Gasteiger partial charge in [0.15, 0.2) is 0 Å². The molecule has 6 atom stereocenters. The van der Waals surface area contributed by atoms with Gasteiger partial charge in [-0.15, -0.1) is 0 Å². The molecule has 15 rings (SSSR count). The molecule has 10 aromatic carbocycles. The molecule has 0 saturated heterocycles. The molecule has 1 spiro atoms. The highest BCUT2D eigenvalue weighted by molar-refractivity contribution is 6.01. The summed E-state index contributed by atoms with van der Waals surface area (Å²) in [6.45, 7) is 17.0. The molecule has 2 saturated carbocycles. The molecular weight excluding hydrogens is 977 g/mol. The van der Waals surface area contributed by atoms with Crippen LogP contribution in [0.2, 0.25) is 0 Å². The van der Waals surface area contributed by atoms with E-state index in [0.29, 0.717) is 11.8 Å². The van der Waals surface area contributed by atoms with Crippen LogP contribution in [0.5, 0.6) is 0 Å². The van der Waals surface area contributed by atoms with Crippen LogP contribution in [0, 0.1) is 23.7 Å². The van der Waals surface area contributed by atoms with Gasteiger partial charge in [-0.3, -0.25) is 0 Å². The molecule has 2 fully saturated rings. The first kappa shape index (κ1) is 49.8. The van der Waals surface area contributed by atoms with E-state index in [1.54, 1.807) is 0 Å². The molecule has 2 heteroatoms. The highest BCUT2D eigenvalue weighted by atomic mass is 15.2. The Morgan fingerprint density at radius 2 is 0.864 bits per heavy atom. The second kappa shape index (κ2) is 18.7. The lowest BCUT2D eigenvalue weighted by Gasteiger charge is -2.46. The molecule has 0 aromatic heterocycles. The molecule has 6 unspecified atom stereocenters. The predicted octanol–water partition coefficient (Wildman–Crippen LogP) is 21.4. The normalized spacial score (nSPS) is 21.3. The highest BCUT2D eigenvalue weighted by Gasteiger charge is 2.53. The largest absolute Gasteiger partial charge is 0.310 e. The molecular formula is C79H72N2. The lowest BCUT2D eigenvalue weighted by Crippen LogP contribution is -2.35. The van der Waals surface area contributed by atoms with E-state index in [1.807, 2.05) is 0 Å². The van der Waals surface area contributed by atoms with Crippen LogP contribution in [0.4, 0.5) is 34.1 Å². The molecule has 5 aliphatic carbocycles. The van der Waals surface area contributed by atoms with Crippen molar-refractivity contribution in [3.63, 3.8) is 0 Å². The van der Waals surface area contributed by atoms with Gasteiger partial charge in [0.25, 0.3) is 0 Å². The van der Waals surface area contributed by atoms with Crippen LogP contribution in [-0.4, -0.2) is 0 Å². The molecule has 398 valence electrons. The average Bonchev–Trinajstić information content (AvgIpc) is 2.33. The van der Waals surface area contributed by atoms with E-state index in [1.165, 1.54) is 132 Å². The summed E-state index contributed by atoms with van der Waals surface area (Å²) < 4.78 is 0. The lowest BCUT2D eigenvalue weighted by atomic mass is 9.59. The maximum absolute atomic E-state index is 2.62. The van der Waals surface area contributed by atoms with Gasteiger partial charge in [0.1, 0.15) is 0 Å². The van der Waals surface area contributed by atoms with E-state index >= 15 is 0 Å². The van der Waals surface area contributed by atoms with Gasteiger partial charge in [-0.05, 0) is 217 Å². The molecule has 81 heavy (non-hydrogen) atoms. The van der Waals surface area contributed by atoms with Crippen LogP contribution in [0.15, 0.2) is 231 Å². The van der Waals surface area contributed by atoms with E-state index < -0.39 is 5.41 Å². The summed E-state index contributed by atoms with van der Waals surface area (Å²) >= 11 is 0. The Morgan fingerprint density at radius 3 is 1.48 bits per heavy atom. The minimum atomic E-state index is -0.644. The molecule has 5 aliphatic rings. The van der Waals surface area contributed by atoms with E-state index in [9.17, 15) is 0 Å². The molecule has 0 aliphatic heterocycles. The van der Waals surface area contributed by atoms with Crippen molar-refractivity contribution in [3.05, 3.63) is 275 Å². The fourth-order valence-electron chi connectivity index (χ4n) is 16.8. The third-order valence-corrected chi connectivity index (χ3v) is 20.0. The minimum absolute atomic E-state index is 0.0991. The van der Waals surface area contributed by atoms with Crippen molar-refractivity contribution in [3.8, 4) is 44.5 Å². The summed E-state index contributed by atoms with van der Waals surface area (Å²) in [4.78, 5) is 5.13. The Hall–Kier alpha value is -8.20. The van der Waals surface area contributed by atoms with Gasteiger partial charge in [0.2, 0.25) is 0 Å². The van der Waals surface area contributed by atoms with Gasteiger partial charge in [0, 0.05) is 33.7 Å². The number of hydrogen-bond donors (Lipinski definition) is 0. The predicted molar refractivity (Wildman–Crippen MR) is 340 cm³/mol. The average molecular weight is 1050 g/mol. The molecule has 0 amide bonds. The molecule has 0 heterocycles. The van der Waals surface area contributed by atoms with Crippen molar-refractivity contribution in [2.75, 3.05) is 9.80 Å². The van der Waals surface area contributed by atoms with Crippen LogP contribution < -0.4 is 9.80 Å². The Morgan fingerprint density at radius 1 is 0.383 bits per heavy atom. The third kappa shape index (κ3) is 7.65. The highest BCUT2D eigenvalue weighted by Crippen LogP contribution is 2.66. The molecule has 0 radical (unpaired) electrons. The van der Waals surface area contributed by atoms with Crippen LogP contribution in [0.1, 0.15) is 125 Å². The number of hydrogen-bond acceptors (Lipinski definition) is 2. The number of nitrogens with zero attached hydrogens (tertiary/aromatic N) is 2. The van der Waals surface area contributed by atoms with Gasteiger partial charge in [-0.2, -0.15) is 0 Å². The summed E-state index contributed by atoms with van der Waals surface area (Å²) in [6, 6.07) is 88.6. The van der Waals surface area contributed by atoms with Crippen molar-refractivity contribution in [2.24, 2.45) is 23.7 Å². The molecule has 10 aromatic rings. The van der Waals surface area contributed by atoms with E-state index in [0.717, 1.165) is 34.8 Å². The summed E-state index contributed by atoms with van der Waals surface area (Å²) in [6.07, 6.45) is 5.48. The number of fused-ring (bicyclic) bond motifs is 15. The van der Waals surface area contributed by atoms with Crippen molar-refractivity contribution < 1.29 is 0 Å². The quantitative estimate of drug-likeness (QED) is 0.150. The Balaban J connectivity index is 0.986. The Bertz CT molecular complexity index is 4070. The van der Waals surface area contributed by atoms with Gasteiger partial charge in [0.05, 0.1) is 16.8 Å². The lowest BCUT2D eigenvalue weighted by molar-refractivity contribution is 0.0854. The van der Waals surface area contributed by atoms with Gasteiger partial charge >= 0.3 is 0 Å². The van der Waals surface area contributed by atoms with Crippen LogP contribution in [-0.2, 0) is 16.2 Å². The first-order valence-electron chi connectivity index (χ1n) is 30.1. The number of para-hydroxylation sites is 2. The van der Waals surface area contributed by atoms with Crippen LogP contribution in [0.25, 0.3) is 44.5 Å². The third-order valence-electron chi connectivity index (χ3n) is 20.0. The van der Waals surface area contributed by atoms with Crippen molar-refractivity contribution in [1.29, 1.82) is 0 Å². The zero-order chi connectivity index (χ0) is 54.9. The maximum Gasteiger partial charge on any atom is 0.0727 e. The minimum Gasteiger partial charge on any atom is -0.310 e. The van der Waals surface area contributed by atoms with Crippen molar-refractivity contribution >= 4 is 34.1 Å². The zero-order valence-electron chi connectivity index (χ0n) is 48.0. The Kier molecular flexibility index (Phi) is 11.5. The second-order valence-corrected chi connectivity index (χ2v) is 26.3. The second-order valence-electron chi connectivity index (χ2n) is 26.3. The fourth-order valence-corrected chi connectivity index (χ4v) is 16.8. The van der Waals surface area contributed by atoms with E-state index in [4.69, 9.17) is 0 Å². The molecule has 2 bridgehead atoms. The topological polar surface area (TPSA) is 6.48 Å². The van der Waals surface area contributed by atoms with Gasteiger partial charge in [-0.25, -0.2) is 0 Å². The van der Waals surface area contributed by atoms with Crippen molar-refractivity contribution in [1.82, 2.24) is 0 Å². The number of rotatable bonds is 8. The standard InChI is InChI=1S/C79H72N2/c1-50-41-52-43-51(2)76(55(42-50)44-52)54-35-37-58(38-36-54)80(56-25-13-9-14-26-56)74-48-71-65(46-63(74)53-23-11-8-12-24-53)61-30-18-21-33-69(61)79(71)70-34-22-19-31-62(70)66-47-73(77(3,4)5)75(49-72(66)79)81(57-27-15-10-16-28-57)59-39-40-68-64(45-59)60-29-17-20-32-67(60)78(68,6)7/h8-40,45-52,55,76H,41-44H2,1-7H3. The first-order chi connectivity index (χ1) is 39.4. The number of benzene rings is 10. The van der Waals surface area contributed by atoms with Gasteiger partial charge < -0.3 is 9.80 Å². The summed E-state index contributed by atoms with van der Waals surface area (Å²) in [7, 11) is 0. The SMILES string of the molecule is CC1CC2CC(C)C(c3ccc(N(c4ccccc4)c4cc5c(cc4-c4ccccc4)-c4ccccc4C54c5ccccc5-c5cc(C(C)(C)C)c(N(c6ccccc6)c6ccc7c(c6)-c6ccccc6C7(C)C)cc54)cc3)C(C1)C2. The van der Waals surface area contributed by atoms with Gasteiger partial charge in [-0.1, -0.05) is 206 Å². The maximum atomic E-state index is 2.62. The first-order valence-corrected chi connectivity index (χ1v) is 30.1. The van der Waals surface area contributed by atoms with E-state index in [2.05, 4.69) is 289 Å². The monoisotopic (exact) mass is 1050 g/mol. The van der Waals surface area contributed by atoms with Crippen LogP contribution in [0.3, 0.4) is 0 Å². The summed E-state index contributed by atoms with van der Waals surface area (Å²) in [5.74, 6) is 3.73. The zero-order valence-corrected chi connectivity index (χ0v) is 48.0. The van der Waals surface area contributed by atoms with Crippen molar-refractivity contribution in [2.45, 2.75) is 96.3 Å². The number of anilines is 6.